The maximum Gasteiger partial charge on any atom is 0.227 e. The van der Waals surface area contributed by atoms with Crippen molar-refractivity contribution in [2.45, 2.75) is 32.9 Å². The normalized spacial score (nSPS) is 14.7. The molecular formula is C16H20N4O. The van der Waals surface area contributed by atoms with Crippen molar-refractivity contribution < 1.29 is 4.79 Å². The SMILES string of the molecule is CCn1cc(CNc2ccccc2N2CCCC2=O)cn1. The van der Waals surface area contributed by atoms with Gasteiger partial charge >= 0.3 is 0 Å². The number of carbonyl (C=O) groups excluding carboxylic acids is 1. The Labute approximate surface area is 124 Å². The molecule has 0 unspecified atom stereocenters. The van der Waals surface area contributed by atoms with Crippen molar-refractivity contribution in [3.63, 3.8) is 0 Å². The van der Waals surface area contributed by atoms with Crippen LogP contribution in [-0.2, 0) is 17.9 Å². The zero-order valence-corrected chi connectivity index (χ0v) is 12.2. The van der Waals surface area contributed by atoms with Gasteiger partial charge in [-0.25, -0.2) is 0 Å². The second kappa shape index (κ2) is 5.99. The number of nitrogens with one attached hydrogen (secondary N) is 1. The molecule has 5 nitrogen and oxygen atoms in total. The Bertz CT molecular complexity index is 635. The summed E-state index contributed by atoms with van der Waals surface area (Å²) < 4.78 is 1.91. The Balaban J connectivity index is 1.74. The molecule has 0 atom stereocenters. The number of anilines is 2. The van der Waals surface area contributed by atoms with Crippen LogP contribution in [0.25, 0.3) is 0 Å². The third-order valence-corrected chi connectivity index (χ3v) is 3.76. The van der Waals surface area contributed by atoms with Gasteiger partial charge in [0.05, 0.1) is 17.6 Å². The van der Waals surface area contributed by atoms with E-state index in [-0.39, 0.29) is 5.91 Å². The van der Waals surface area contributed by atoms with E-state index in [1.165, 1.54) is 0 Å². The molecule has 1 saturated heterocycles. The lowest BCUT2D eigenvalue weighted by Gasteiger charge is -2.20. The lowest BCUT2D eigenvalue weighted by Crippen LogP contribution is -2.24. The zero-order chi connectivity index (χ0) is 14.7. The molecule has 0 saturated carbocycles. The summed E-state index contributed by atoms with van der Waals surface area (Å²) in [6.45, 7) is 4.46. The maximum absolute atomic E-state index is 11.9. The van der Waals surface area contributed by atoms with Crippen LogP contribution in [0.1, 0.15) is 25.3 Å². The van der Waals surface area contributed by atoms with Gasteiger partial charge in [-0.15, -0.1) is 0 Å². The van der Waals surface area contributed by atoms with E-state index >= 15 is 0 Å². The van der Waals surface area contributed by atoms with E-state index in [4.69, 9.17) is 0 Å². The molecular weight excluding hydrogens is 264 g/mol. The fraction of sp³-hybridized carbons (Fsp3) is 0.375. The third kappa shape index (κ3) is 2.91. The molecule has 0 radical (unpaired) electrons. The average molecular weight is 284 g/mol. The molecule has 1 aromatic heterocycles. The van der Waals surface area contributed by atoms with Gasteiger partial charge in [0, 0.05) is 37.8 Å². The number of nitrogens with zero attached hydrogens (tertiary/aromatic N) is 3. The Kier molecular flexibility index (Phi) is 3.90. The second-order valence-electron chi connectivity index (χ2n) is 5.22. The minimum atomic E-state index is 0.211. The van der Waals surface area contributed by atoms with Crippen molar-refractivity contribution in [3.8, 4) is 0 Å². The predicted octanol–water partition coefficient (Wildman–Crippen LogP) is 2.64. The van der Waals surface area contributed by atoms with Gasteiger partial charge in [-0.3, -0.25) is 9.48 Å². The van der Waals surface area contributed by atoms with Gasteiger partial charge < -0.3 is 10.2 Å². The minimum absolute atomic E-state index is 0.211. The highest BCUT2D eigenvalue weighted by Crippen LogP contribution is 2.29. The molecule has 1 aliphatic heterocycles. The van der Waals surface area contributed by atoms with Gasteiger partial charge in [-0.2, -0.15) is 5.10 Å². The average Bonchev–Trinajstić information content (AvgIpc) is 3.14. The summed E-state index contributed by atoms with van der Waals surface area (Å²) in [6, 6.07) is 7.98. The third-order valence-electron chi connectivity index (χ3n) is 3.76. The number of amides is 1. The van der Waals surface area contributed by atoms with Crippen molar-refractivity contribution in [3.05, 3.63) is 42.2 Å². The summed E-state index contributed by atoms with van der Waals surface area (Å²) in [5.41, 5.74) is 3.11. The van der Waals surface area contributed by atoms with Crippen LogP contribution in [-0.4, -0.2) is 22.2 Å². The minimum Gasteiger partial charge on any atom is -0.379 e. The van der Waals surface area contributed by atoms with Gasteiger partial charge in [-0.1, -0.05) is 12.1 Å². The first-order valence-electron chi connectivity index (χ1n) is 7.42. The van der Waals surface area contributed by atoms with E-state index in [0.29, 0.717) is 13.0 Å². The summed E-state index contributed by atoms with van der Waals surface area (Å²) in [6.07, 6.45) is 5.50. The number of aromatic nitrogens is 2. The van der Waals surface area contributed by atoms with Crippen molar-refractivity contribution in [1.29, 1.82) is 0 Å². The monoisotopic (exact) mass is 284 g/mol. The Morgan fingerprint density at radius 1 is 1.33 bits per heavy atom. The molecule has 1 aliphatic rings. The van der Waals surface area contributed by atoms with Gasteiger partial charge in [0.25, 0.3) is 0 Å². The summed E-state index contributed by atoms with van der Waals surface area (Å²) >= 11 is 0. The van der Waals surface area contributed by atoms with Gasteiger partial charge in [0.15, 0.2) is 0 Å². The van der Waals surface area contributed by atoms with Crippen LogP contribution in [0.15, 0.2) is 36.7 Å². The van der Waals surface area contributed by atoms with Crippen LogP contribution in [0.4, 0.5) is 11.4 Å². The lowest BCUT2D eigenvalue weighted by molar-refractivity contribution is -0.117. The topological polar surface area (TPSA) is 50.2 Å². The first-order valence-corrected chi connectivity index (χ1v) is 7.42. The molecule has 0 bridgehead atoms. The first kappa shape index (κ1) is 13.7. The first-order chi connectivity index (χ1) is 10.3. The molecule has 21 heavy (non-hydrogen) atoms. The van der Waals surface area contributed by atoms with Gasteiger partial charge in [0.1, 0.15) is 0 Å². The van der Waals surface area contributed by atoms with Crippen LogP contribution >= 0.6 is 0 Å². The number of rotatable bonds is 5. The van der Waals surface area contributed by atoms with Crippen molar-refractivity contribution >= 4 is 17.3 Å². The van der Waals surface area contributed by atoms with Crippen molar-refractivity contribution in [1.82, 2.24) is 9.78 Å². The standard InChI is InChI=1S/C16H20N4O/c1-2-19-12-13(11-18-19)10-17-14-6-3-4-7-15(14)20-9-5-8-16(20)21/h3-4,6-7,11-12,17H,2,5,8-10H2,1H3. The molecule has 1 aromatic carbocycles. The number of aryl methyl sites for hydroxylation is 1. The van der Waals surface area contributed by atoms with Crippen LogP contribution in [0.5, 0.6) is 0 Å². The molecule has 3 rings (SSSR count). The Morgan fingerprint density at radius 3 is 2.90 bits per heavy atom. The number of benzene rings is 1. The van der Waals surface area contributed by atoms with E-state index in [1.807, 2.05) is 46.2 Å². The highest BCUT2D eigenvalue weighted by atomic mass is 16.2. The van der Waals surface area contributed by atoms with Crippen LogP contribution < -0.4 is 10.2 Å². The van der Waals surface area contributed by atoms with Gasteiger partial charge in [-0.05, 0) is 25.5 Å². The summed E-state index contributed by atoms with van der Waals surface area (Å²) in [7, 11) is 0. The molecule has 0 aliphatic carbocycles. The molecule has 1 N–H and O–H groups in total. The summed E-state index contributed by atoms with van der Waals surface area (Å²) in [5.74, 6) is 0.211. The van der Waals surface area contributed by atoms with E-state index in [9.17, 15) is 4.79 Å². The fourth-order valence-electron chi connectivity index (χ4n) is 2.63. The van der Waals surface area contributed by atoms with E-state index in [2.05, 4.69) is 17.3 Å². The highest BCUT2D eigenvalue weighted by Gasteiger charge is 2.23. The summed E-state index contributed by atoms with van der Waals surface area (Å²) in [4.78, 5) is 13.8. The predicted molar refractivity (Wildman–Crippen MR) is 83.3 cm³/mol. The number of hydrogen-bond donors (Lipinski definition) is 1. The lowest BCUT2D eigenvalue weighted by atomic mass is 10.2. The quantitative estimate of drug-likeness (QED) is 0.918. The van der Waals surface area contributed by atoms with Crippen LogP contribution in [0.3, 0.4) is 0 Å². The van der Waals surface area contributed by atoms with E-state index in [0.717, 1.165) is 36.4 Å². The number of hydrogen-bond acceptors (Lipinski definition) is 3. The number of para-hydroxylation sites is 2. The largest absolute Gasteiger partial charge is 0.379 e. The molecule has 110 valence electrons. The smallest absolute Gasteiger partial charge is 0.227 e. The number of carbonyl (C=O) groups is 1. The highest BCUT2D eigenvalue weighted by molar-refractivity contribution is 5.98. The molecule has 5 heteroatoms. The zero-order valence-electron chi connectivity index (χ0n) is 12.2. The van der Waals surface area contributed by atoms with E-state index in [1.54, 1.807) is 0 Å². The molecule has 0 spiro atoms. The van der Waals surface area contributed by atoms with Gasteiger partial charge in [0.2, 0.25) is 5.91 Å². The van der Waals surface area contributed by atoms with Crippen molar-refractivity contribution in [2.24, 2.45) is 0 Å². The van der Waals surface area contributed by atoms with Crippen LogP contribution in [0, 0.1) is 0 Å². The molecule has 2 aromatic rings. The van der Waals surface area contributed by atoms with Crippen LogP contribution in [0.2, 0.25) is 0 Å². The molecule has 1 amide bonds. The second-order valence-corrected chi connectivity index (χ2v) is 5.22. The molecule has 2 heterocycles. The van der Waals surface area contributed by atoms with E-state index < -0.39 is 0 Å². The molecule has 1 fully saturated rings. The fourth-order valence-corrected chi connectivity index (χ4v) is 2.63. The Morgan fingerprint density at radius 2 is 2.19 bits per heavy atom. The Hall–Kier alpha value is -2.30. The summed E-state index contributed by atoms with van der Waals surface area (Å²) in [5, 5.41) is 7.69. The van der Waals surface area contributed by atoms with Crippen molar-refractivity contribution in [2.75, 3.05) is 16.8 Å². The maximum atomic E-state index is 11.9.